The van der Waals surface area contributed by atoms with Gasteiger partial charge in [0.15, 0.2) is 0 Å². The first-order chi connectivity index (χ1) is 8.97. The van der Waals surface area contributed by atoms with Crippen molar-refractivity contribution in [1.29, 1.82) is 0 Å². The lowest BCUT2D eigenvalue weighted by Gasteiger charge is -2.12. The Labute approximate surface area is 114 Å². The van der Waals surface area contributed by atoms with Crippen LogP contribution in [0, 0.1) is 13.8 Å². The Kier molecular flexibility index (Phi) is 4.00. The Hall–Kier alpha value is -1.68. The third-order valence-electron chi connectivity index (χ3n) is 3.22. The highest BCUT2D eigenvalue weighted by molar-refractivity contribution is 5.25. The fraction of sp³-hybridized carbons (Fsp3) is 0.467. The summed E-state index contributed by atoms with van der Waals surface area (Å²) in [6.07, 6.45) is 1.92. The fourth-order valence-electron chi connectivity index (χ4n) is 2.13. The number of hydrogen-bond donors (Lipinski definition) is 1. The molecule has 0 aliphatic heterocycles. The summed E-state index contributed by atoms with van der Waals surface area (Å²) in [6.45, 7) is 8.05. The van der Waals surface area contributed by atoms with Crippen LogP contribution in [0.15, 0.2) is 24.4 Å². The van der Waals surface area contributed by atoms with Gasteiger partial charge in [0, 0.05) is 35.6 Å². The number of pyridine rings is 1. The number of hydrogen-bond acceptors (Lipinski definition) is 3. The molecule has 2 aromatic rings. The molecule has 0 aromatic carbocycles. The molecule has 0 radical (unpaired) electrons. The molecule has 2 aromatic heterocycles. The Morgan fingerprint density at radius 3 is 2.53 bits per heavy atom. The van der Waals surface area contributed by atoms with Crippen molar-refractivity contribution in [3.63, 3.8) is 0 Å². The van der Waals surface area contributed by atoms with Crippen molar-refractivity contribution in [3.05, 3.63) is 47.0 Å². The predicted molar refractivity (Wildman–Crippen MR) is 75.0 cm³/mol. The van der Waals surface area contributed by atoms with E-state index >= 15 is 0 Å². The van der Waals surface area contributed by atoms with Crippen LogP contribution >= 0.6 is 0 Å². The van der Waals surface area contributed by atoms with Crippen molar-refractivity contribution in [2.24, 2.45) is 0 Å². The van der Waals surface area contributed by atoms with Gasteiger partial charge in [-0.05, 0) is 39.8 Å². The molecule has 1 unspecified atom stereocenters. The van der Waals surface area contributed by atoms with Crippen LogP contribution in [0.5, 0.6) is 0 Å². The molecule has 2 heterocycles. The second kappa shape index (κ2) is 5.53. The van der Waals surface area contributed by atoms with E-state index in [4.69, 9.17) is 0 Å². The van der Waals surface area contributed by atoms with Crippen molar-refractivity contribution in [2.75, 3.05) is 0 Å². The maximum atomic E-state index is 10.3. The minimum absolute atomic E-state index is 0.341. The molecule has 4 nitrogen and oxygen atoms in total. The van der Waals surface area contributed by atoms with Gasteiger partial charge in [0.2, 0.25) is 0 Å². The van der Waals surface area contributed by atoms with Gasteiger partial charge in [-0.2, -0.15) is 5.10 Å². The van der Waals surface area contributed by atoms with Gasteiger partial charge in [-0.1, -0.05) is 6.07 Å². The number of aryl methyl sites for hydroxylation is 2. The van der Waals surface area contributed by atoms with Crippen LogP contribution < -0.4 is 0 Å². The SMILES string of the molecule is Cc1ccc(C(O)Cc2ccn(C(C)C)n2)c(C)n1. The fourth-order valence-corrected chi connectivity index (χ4v) is 2.13. The Morgan fingerprint density at radius 2 is 1.95 bits per heavy atom. The standard InChI is InChI=1S/C15H21N3O/c1-10(2)18-8-7-13(17-18)9-15(19)14-6-5-11(3)16-12(14)4/h5-8,10,15,19H,9H2,1-4H3. The first-order valence-electron chi connectivity index (χ1n) is 6.63. The third-order valence-corrected chi connectivity index (χ3v) is 3.22. The molecule has 0 aliphatic rings. The minimum Gasteiger partial charge on any atom is -0.388 e. The van der Waals surface area contributed by atoms with E-state index in [0.29, 0.717) is 12.5 Å². The van der Waals surface area contributed by atoms with Gasteiger partial charge in [-0.25, -0.2) is 0 Å². The van der Waals surface area contributed by atoms with Gasteiger partial charge < -0.3 is 5.11 Å². The topological polar surface area (TPSA) is 50.9 Å². The Bertz CT molecular complexity index is 560. The van der Waals surface area contributed by atoms with E-state index in [1.165, 1.54) is 0 Å². The molecule has 0 amide bonds. The van der Waals surface area contributed by atoms with Crippen LogP contribution in [0.3, 0.4) is 0 Å². The molecule has 0 fully saturated rings. The van der Waals surface area contributed by atoms with Gasteiger partial charge in [0.25, 0.3) is 0 Å². The number of aliphatic hydroxyl groups excluding tert-OH is 1. The number of aliphatic hydroxyl groups is 1. The largest absolute Gasteiger partial charge is 0.388 e. The molecule has 4 heteroatoms. The van der Waals surface area contributed by atoms with Gasteiger partial charge >= 0.3 is 0 Å². The molecule has 1 atom stereocenters. The molecule has 2 rings (SSSR count). The maximum Gasteiger partial charge on any atom is 0.0863 e. The van der Waals surface area contributed by atoms with E-state index in [2.05, 4.69) is 23.9 Å². The first kappa shape index (κ1) is 13.7. The van der Waals surface area contributed by atoms with Crippen LogP contribution in [-0.2, 0) is 6.42 Å². The summed E-state index contributed by atoms with van der Waals surface area (Å²) in [5.41, 5.74) is 3.64. The molecular formula is C15H21N3O. The number of nitrogens with zero attached hydrogens (tertiary/aromatic N) is 3. The molecule has 0 saturated carbocycles. The van der Waals surface area contributed by atoms with Crippen LogP contribution in [0.1, 0.15) is 48.6 Å². The van der Waals surface area contributed by atoms with Gasteiger partial charge in [0.1, 0.15) is 0 Å². The van der Waals surface area contributed by atoms with E-state index in [1.54, 1.807) is 0 Å². The normalized spacial score (nSPS) is 12.9. The zero-order chi connectivity index (χ0) is 14.0. The summed E-state index contributed by atoms with van der Waals surface area (Å²) in [5.74, 6) is 0. The van der Waals surface area contributed by atoms with Crippen molar-refractivity contribution in [1.82, 2.24) is 14.8 Å². The molecular weight excluding hydrogens is 238 g/mol. The van der Waals surface area contributed by atoms with E-state index in [-0.39, 0.29) is 0 Å². The molecule has 0 aliphatic carbocycles. The molecule has 102 valence electrons. The molecule has 1 N–H and O–H groups in total. The quantitative estimate of drug-likeness (QED) is 0.918. The van der Waals surface area contributed by atoms with E-state index in [9.17, 15) is 5.11 Å². The van der Waals surface area contributed by atoms with E-state index in [1.807, 2.05) is 42.9 Å². The van der Waals surface area contributed by atoms with Gasteiger partial charge in [0.05, 0.1) is 11.8 Å². The number of rotatable bonds is 4. The number of aromatic nitrogens is 3. The minimum atomic E-state index is -0.552. The van der Waals surface area contributed by atoms with Crippen LogP contribution in [-0.4, -0.2) is 19.9 Å². The summed E-state index contributed by atoms with van der Waals surface area (Å²) in [6, 6.07) is 6.17. The first-order valence-corrected chi connectivity index (χ1v) is 6.63. The lowest BCUT2D eigenvalue weighted by Crippen LogP contribution is -2.07. The highest BCUT2D eigenvalue weighted by atomic mass is 16.3. The van der Waals surface area contributed by atoms with Crippen molar-refractivity contribution < 1.29 is 5.11 Å². The van der Waals surface area contributed by atoms with E-state index < -0.39 is 6.10 Å². The lowest BCUT2D eigenvalue weighted by atomic mass is 10.0. The average Bonchev–Trinajstić information content (AvgIpc) is 2.77. The van der Waals surface area contributed by atoms with Gasteiger partial charge in [-0.15, -0.1) is 0 Å². The van der Waals surface area contributed by atoms with Crippen LogP contribution in [0.2, 0.25) is 0 Å². The second-order valence-electron chi connectivity index (χ2n) is 5.23. The Balaban J connectivity index is 2.13. The van der Waals surface area contributed by atoms with Crippen LogP contribution in [0.4, 0.5) is 0 Å². The monoisotopic (exact) mass is 259 g/mol. The predicted octanol–water partition coefficient (Wildman–Crippen LogP) is 2.75. The summed E-state index contributed by atoms with van der Waals surface area (Å²) in [7, 11) is 0. The molecule has 19 heavy (non-hydrogen) atoms. The summed E-state index contributed by atoms with van der Waals surface area (Å²) in [5, 5.41) is 14.8. The van der Waals surface area contributed by atoms with Crippen LogP contribution in [0.25, 0.3) is 0 Å². The van der Waals surface area contributed by atoms with Crippen molar-refractivity contribution in [2.45, 2.75) is 46.3 Å². The summed E-state index contributed by atoms with van der Waals surface area (Å²) >= 11 is 0. The van der Waals surface area contributed by atoms with Gasteiger partial charge in [-0.3, -0.25) is 9.67 Å². The zero-order valence-electron chi connectivity index (χ0n) is 12.0. The average molecular weight is 259 g/mol. The second-order valence-corrected chi connectivity index (χ2v) is 5.23. The highest BCUT2D eigenvalue weighted by Crippen LogP contribution is 2.20. The van der Waals surface area contributed by atoms with Crippen molar-refractivity contribution >= 4 is 0 Å². The summed E-state index contributed by atoms with van der Waals surface area (Å²) < 4.78 is 1.91. The highest BCUT2D eigenvalue weighted by Gasteiger charge is 2.14. The third kappa shape index (κ3) is 3.20. The van der Waals surface area contributed by atoms with Crippen molar-refractivity contribution in [3.8, 4) is 0 Å². The Morgan fingerprint density at radius 1 is 1.21 bits per heavy atom. The molecule has 0 saturated heterocycles. The van der Waals surface area contributed by atoms with E-state index in [0.717, 1.165) is 22.6 Å². The summed E-state index contributed by atoms with van der Waals surface area (Å²) in [4.78, 5) is 4.38. The smallest absolute Gasteiger partial charge is 0.0863 e. The molecule has 0 spiro atoms. The molecule has 0 bridgehead atoms. The maximum absolute atomic E-state index is 10.3. The zero-order valence-corrected chi connectivity index (χ0v) is 12.0. The lowest BCUT2D eigenvalue weighted by molar-refractivity contribution is 0.175.